The first-order valence-electron chi connectivity index (χ1n) is 5.88. The molecule has 0 aliphatic carbocycles. The third kappa shape index (κ3) is 5.88. The maximum atomic E-state index is 11.2. The smallest absolute Gasteiger partial charge is 0.188 e. The van der Waals surface area contributed by atoms with Gasteiger partial charge in [-0.3, -0.25) is 9.89 Å². The first-order chi connectivity index (χ1) is 7.89. The van der Waals surface area contributed by atoms with Crippen molar-refractivity contribution in [3.63, 3.8) is 0 Å². The summed E-state index contributed by atoms with van der Waals surface area (Å²) < 4.78 is 22.4. The molecule has 3 N–H and O–H groups in total. The molecule has 0 aromatic heterocycles. The van der Waals surface area contributed by atoms with Crippen LogP contribution in [0.25, 0.3) is 0 Å². The van der Waals surface area contributed by atoms with E-state index in [9.17, 15) is 8.42 Å². The largest absolute Gasteiger partial charge is 0.370 e. The fourth-order valence-electron chi connectivity index (χ4n) is 1.63. The van der Waals surface area contributed by atoms with E-state index < -0.39 is 9.84 Å². The summed E-state index contributed by atoms with van der Waals surface area (Å²) in [6.07, 6.45) is 0. The topological polar surface area (TPSA) is 87.8 Å². The Hall–Kier alpha value is -0.820. The van der Waals surface area contributed by atoms with E-state index in [0.29, 0.717) is 25.6 Å². The Morgan fingerprint density at radius 2 is 2.00 bits per heavy atom. The molecule has 1 saturated heterocycles. The van der Waals surface area contributed by atoms with Gasteiger partial charge in [0.05, 0.1) is 18.1 Å². The third-order valence-corrected chi connectivity index (χ3v) is 4.18. The van der Waals surface area contributed by atoms with E-state index in [-0.39, 0.29) is 17.5 Å². The van der Waals surface area contributed by atoms with Gasteiger partial charge >= 0.3 is 0 Å². The second-order valence-electron chi connectivity index (χ2n) is 4.56. The molecule has 0 atom stereocenters. The van der Waals surface area contributed by atoms with Crippen molar-refractivity contribution in [1.29, 1.82) is 0 Å². The van der Waals surface area contributed by atoms with Gasteiger partial charge in [-0.05, 0) is 13.8 Å². The highest BCUT2D eigenvalue weighted by atomic mass is 32.2. The van der Waals surface area contributed by atoms with Crippen LogP contribution in [0.3, 0.4) is 0 Å². The SMILES string of the molecule is CC(C)NC(N)=NCCN1CCS(=O)(=O)CC1. The molecule has 1 heterocycles. The second kappa shape index (κ2) is 6.20. The first-order valence-corrected chi connectivity index (χ1v) is 7.70. The minimum Gasteiger partial charge on any atom is -0.370 e. The lowest BCUT2D eigenvalue weighted by Gasteiger charge is -2.25. The molecule has 17 heavy (non-hydrogen) atoms. The maximum absolute atomic E-state index is 11.2. The Labute approximate surface area is 103 Å². The molecule has 0 radical (unpaired) electrons. The van der Waals surface area contributed by atoms with Gasteiger partial charge < -0.3 is 11.1 Å². The molecule has 0 amide bonds. The lowest BCUT2D eigenvalue weighted by atomic mass is 10.4. The molecule has 1 rings (SSSR count). The zero-order valence-electron chi connectivity index (χ0n) is 10.5. The number of rotatable bonds is 4. The van der Waals surface area contributed by atoms with Gasteiger partial charge in [0.15, 0.2) is 15.8 Å². The zero-order chi connectivity index (χ0) is 12.9. The van der Waals surface area contributed by atoms with Crippen molar-refractivity contribution in [2.24, 2.45) is 10.7 Å². The quantitative estimate of drug-likeness (QED) is 0.503. The Morgan fingerprint density at radius 1 is 1.41 bits per heavy atom. The molecule has 6 nitrogen and oxygen atoms in total. The average molecular weight is 262 g/mol. The predicted molar refractivity (Wildman–Crippen MR) is 69.9 cm³/mol. The molecule has 0 unspecified atom stereocenters. The van der Waals surface area contributed by atoms with Gasteiger partial charge in [0, 0.05) is 25.7 Å². The predicted octanol–water partition coefficient (Wildman–Crippen LogP) is -0.970. The number of guanidine groups is 1. The number of nitrogens with one attached hydrogen (secondary N) is 1. The van der Waals surface area contributed by atoms with Gasteiger partial charge in [0.25, 0.3) is 0 Å². The zero-order valence-corrected chi connectivity index (χ0v) is 11.3. The molecule has 1 aliphatic rings. The Balaban J connectivity index is 2.24. The van der Waals surface area contributed by atoms with Crippen LogP contribution in [0, 0.1) is 0 Å². The number of aliphatic imine (C=N–C) groups is 1. The van der Waals surface area contributed by atoms with Crippen molar-refractivity contribution in [2.75, 3.05) is 37.7 Å². The van der Waals surface area contributed by atoms with E-state index in [1.165, 1.54) is 0 Å². The van der Waals surface area contributed by atoms with Crippen LogP contribution in [0.15, 0.2) is 4.99 Å². The summed E-state index contributed by atoms with van der Waals surface area (Å²) in [5, 5.41) is 3.01. The molecule has 0 spiro atoms. The summed E-state index contributed by atoms with van der Waals surface area (Å²) in [7, 11) is -2.79. The van der Waals surface area contributed by atoms with Crippen LogP contribution in [-0.2, 0) is 9.84 Å². The van der Waals surface area contributed by atoms with Crippen molar-refractivity contribution in [2.45, 2.75) is 19.9 Å². The van der Waals surface area contributed by atoms with Crippen molar-refractivity contribution in [3.05, 3.63) is 0 Å². The van der Waals surface area contributed by atoms with Crippen molar-refractivity contribution in [3.8, 4) is 0 Å². The molecule has 0 aromatic rings. The van der Waals surface area contributed by atoms with E-state index in [1.54, 1.807) is 0 Å². The number of nitrogens with zero attached hydrogens (tertiary/aromatic N) is 2. The average Bonchev–Trinajstić information content (AvgIpc) is 2.19. The van der Waals surface area contributed by atoms with Gasteiger partial charge in [0.1, 0.15) is 0 Å². The first kappa shape index (κ1) is 14.2. The van der Waals surface area contributed by atoms with Crippen molar-refractivity contribution in [1.82, 2.24) is 10.2 Å². The summed E-state index contributed by atoms with van der Waals surface area (Å²) in [5.74, 6) is 0.969. The number of hydrogen-bond donors (Lipinski definition) is 2. The molecule has 1 aliphatic heterocycles. The van der Waals surface area contributed by atoms with Gasteiger partial charge in [-0.25, -0.2) is 8.42 Å². The summed E-state index contributed by atoms with van der Waals surface area (Å²) in [4.78, 5) is 6.29. The second-order valence-corrected chi connectivity index (χ2v) is 6.86. The fraction of sp³-hybridized carbons (Fsp3) is 0.900. The maximum Gasteiger partial charge on any atom is 0.188 e. The van der Waals surface area contributed by atoms with Crippen LogP contribution in [0.4, 0.5) is 0 Å². The van der Waals surface area contributed by atoms with Crippen LogP contribution in [-0.4, -0.2) is 63.0 Å². The monoisotopic (exact) mass is 262 g/mol. The highest BCUT2D eigenvalue weighted by Crippen LogP contribution is 2.02. The highest BCUT2D eigenvalue weighted by Gasteiger charge is 2.20. The summed E-state index contributed by atoms with van der Waals surface area (Å²) in [5.41, 5.74) is 5.66. The van der Waals surface area contributed by atoms with Crippen LogP contribution in [0.5, 0.6) is 0 Å². The van der Waals surface area contributed by atoms with Crippen LogP contribution in [0.1, 0.15) is 13.8 Å². The number of sulfone groups is 1. The summed E-state index contributed by atoms with van der Waals surface area (Å²) in [6.45, 7) is 6.57. The fourth-order valence-corrected chi connectivity index (χ4v) is 2.90. The summed E-state index contributed by atoms with van der Waals surface area (Å²) >= 11 is 0. The molecule has 1 fully saturated rings. The van der Waals surface area contributed by atoms with Crippen LogP contribution >= 0.6 is 0 Å². The number of nitrogens with two attached hydrogens (primary N) is 1. The Kier molecular flexibility index (Phi) is 5.20. The van der Waals surface area contributed by atoms with E-state index in [1.807, 2.05) is 13.8 Å². The Bertz CT molecular complexity index is 351. The van der Waals surface area contributed by atoms with Gasteiger partial charge in [0.2, 0.25) is 0 Å². The normalized spacial score (nSPS) is 21.7. The van der Waals surface area contributed by atoms with Gasteiger partial charge in [-0.1, -0.05) is 0 Å². The minimum atomic E-state index is -2.79. The van der Waals surface area contributed by atoms with Crippen molar-refractivity contribution < 1.29 is 8.42 Å². The van der Waals surface area contributed by atoms with Crippen molar-refractivity contribution >= 4 is 15.8 Å². The molecule has 0 saturated carbocycles. The third-order valence-electron chi connectivity index (χ3n) is 2.57. The van der Waals surface area contributed by atoms with E-state index in [4.69, 9.17) is 5.73 Å². The molecule has 0 aromatic carbocycles. The van der Waals surface area contributed by atoms with E-state index in [2.05, 4.69) is 15.2 Å². The van der Waals surface area contributed by atoms with E-state index >= 15 is 0 Å². The standard InChI is InChI=1S/C10H22N4O2S/c1-9(2)13-10(11)12-3-4-14-5-7-17(15,16)8-6-14/h9H,3-8H2,1-2H3,(H3,11,12,13). The number of hydrogen-bond acceptors (Lipinski definition) is 4. The lowest BCUT2D eigenvalue weighted by Crippen LogP contribution is -2.42. The molecular weight excluding hydrogens is 240 g/mol. The molecule has 0 bridgehead atoms. The highest BCUT2D eigenvalue weighted by molar-refractivity contribution is 7.91. The van der Waals surface area contributed by atoms with Gasteiger partial charge in [-0.15, -0.1) is 0 Å². The summed E-state index contributed by atoms with van der Waals surface area (Å²) in [6, 6.07) is 0.277. The van der Waals surface area contributed by atoms with Gasteiger partial charge in [-0.2, -0.15) is 0 Å². The lowest BCUT2D eigenvalue weighted by molar-refractivity contribution is 0.304. The molecule has 100 valence electrons. The molecular formula is C10H22N4O2S. The minimum absolute atomic E-state index is 0.260. The van der Waals surface area contributed by atoms with Crippen LogP contribution in [0.2, 0.25) is 0 Å². The Morgan fingerprint density at radius 3 is 2.53 bits per heavy atom. The van der Waals surface area contributed by atoms with E-state index in [0.717, 1.165) is 6.54 Å². The molecule has 7 heteroatoms. The van der Waals surface area contributed by atoms with Crippen LogP contribution < -0.4 is 11.1 Å².